The van der Waals surface area contributed by atoms with Gasteiger partial charge in [-0.1, -0.05) is 6.07 Å². The molecule has 7 heteroatoms. The number of rotatable bonds is 3. The van der Waals surface area contributed by atoms with E-state index in [9.17, 15) is 18.3 Å². The first kappa shape index (κ1) is 13.7. The summed E-state index contributed by atoms with van der Waals surface area (Å²) in [5.74, 6) is -0.581. The average molecular weight is 289 g/mol. The quantitative estimate of drug-likeness (QED) is 0.910. The lowest BCUT2D eigenvalue weighted by Crippen LogP contribution is -2.18. The largest absolute Gasteiger partial charge is 0.573 e. The van der Waals surface area contributed by atoms with Crippen molar-refractivity contribution in [1.82, 2.24) is 0 Å². The number of alkyl halides is 3. The molecule has 0 saturated carbocycles. The van der Waals surface area contributed by atoms with Gasteiger partial charge in [-0.25, -0.2) is 0 Å². The highest BCUT2D eigenvalue weighted by molar-refractivity contribution is 7.10. The number of phenolic OH excluding ortho intramolecular Hbond substituents is 1. The minimum Gasteiger partial charge on any atom is -0.508 e. The first-order valence-electron chi connectivity index (χ1n) is 5.24. The lowest BCUT2D eigenvalue weighted by atomic mass is 10.0. The summed E-state index contributed by atoms with van der Waals surface area (Å²) in [5.41, 5.74) is 6.09. The molecule has 0 amide bonds. The maximum atomic E-state index is 12.1. The molecule has 2 rings (SSSR count). The summed E-state index contributed by atoms with van der Waals surface area (Å²) in [7, 11) is 0. The van der Waals surface area contributed by atoms with Gasteiger partial charge in [-0.2, -0.15) is 0 Å². The Kier molecular flexibility index (Phi) is 3.68. The molecule has 0 saturated heterocycles. The van der Waals surface area contributed by atoms with Crippen LogP contribution < -0.4 is 10.5 Å². The Hall–Kier alpha value is -1.73. The molecule has 0 aliphatic rings. The summed E-state index contributed by atoms with van der Waals surface area (Å²) >= 11 is 1.35. The van der Waals surface area contributed by atoms with Gasteiger partial charge in [0.05, 0.1) is 6.04 Å². The highest BCUT2D eigenvalue weighted by Crippen LogP contribution is 2.34. The second kappa shape index (κ2) is 5.10. The monoisotopic (exact) mass is 289 g/mol. The molecule has 3 nitrogen and oxygen atoms in total. The second-order valence-electron chi connectivity index (χ2n) is 3.76. The molecule has 1 heterocycles. The van der Waals surface area contributed by atoms with E-state index in [1.165, 1.54) is 11.3 Å². The first-order valence-corrected chi connectivity index (χ1v) is 6.12. The molecule has 0 radical (unpaired) electrons. The standard InChI is InChI=1S/C12H10F3NO2S/c13-12(14,15)18-7-3-4-9(17)8(6-7)11(16)10-2-1-5-19-10/h1-6,11,17H,16H2/t11-/m0/s1. The van der Waals surface area contributed by atoms with Gasteiger partial charge in [-0.15, -0.1) is 24.5 Å². The summed E-state index contributed by atoms with van der Waals surface area (Å²) < 4.78 is 40.2. The molecule has 3 N–H and O–H groups in total. The van der Waals surface area contributed by atoms with Crippen molar-refractivity contribution >= 4 is 11.3 Å². The topological polar surface area (TPSA) is 55.5 Å². The number of benzene rings is 1. The molecule has 0 fully saturated rings. The van der Waals surface area contributed by atoms with Gasteiger partial charge in [0, 0.05) is 10.4 Å². The Morgan fingerprint density at radius 2 is 2.00 bits per heavy atom. The number of halogens is 3. The van der Waals surface area contributed by atoms with Gasteiger partial charge < -0.3 is 15.6 Å². The van der Waals surface area contributed by atoms with E-state index in [0.29, 0.717) is 0 Å². The smallest absolute Gasteiger partial charge is 0.508 e. The normalized spacial score (nSPS) is 13.3. The fourth-order valence-corrected chi connectivity index (χ4v) is 2.35. The number of hydrogen-bond acceptors (Lipinski definition) is 4. The zero-order valence-corrected chi connectivity index (χ0v) is 10.3. The van der Waals surface area contributed by atoms with Crippen LogP contribution in [-0.2, 0) is 0 Å². The minimum atomic E-state index is -4.78. The number of thiophene rings is 1. The highest BCUT2D eigenvalue weighted by Gasteiger charge is 2.31. The Bertz CT molecular complexity index is 555. The molecule has 2 aromatic rings. The van der Waals surface area contributed by atoms with Gasteiger partial charge >= 0.3 is 6.36 Å². The lowest BCUT2D eigenvalue weighted by molar-refractivity contribution is -0.274. The SMILES string of the molecule is N[C@H](c1cccs1)c1cc(OC(F)(F)F)ccc1O. The summed E-state index contributed by atoms with van der Waals surface area (Å²) in [6.45, 7) is 0. The average Bonchev–Trinajstić information content (AvgIpc) is 2.82. The second-order valence-corrected chi connectivity index (χ2v) is 4.74. The van der Waals surface area contributed by atoms with Crippen molar-refractivity contribution in [3.63, 3.8) is 0 Å². The molecular weight excluding hydrogens is 279 g/mol. The third-order valence-electron chi connectivity index (χ3n) is 2.42. The zero-order chi connectivity index (χ0) is 14.0. The molecule has 1 aromatic carbocycles. The number of aromatic hydroxyl groups is 1. The molecule has 102 valence electrons. The molecule has 1 atom stereocenters. The van der Waals surface area contributed by atoms with Crippen molar-refractivity contribution in [3.05, 3.63) is 46.2 Å². The number of hydrogen-bond donors (Lipinski definition) is 2. The van der Waals surface area contributed by atoms with Crippen LogP contribution in [0.15, 0.2) is 35.7 Å². The summed E-state index contributed by atoms with van der Waals surface area (Å²) in [5, 5.41) is 11.5. The molecule has 1 aromatic heterocycles. The van der Waals surface area contributed by atoms with Gasteiger partial charge in [0.15, 0.2) is 0 Å². The molecule has 0 aliphatic carbocycles. The van der Waals surface area contributed by atoms with Crippen LogP contribution in [0.5, 0.6) is 11.5 Å². The van der Waals surface area contributed by atoms with Crippen LogP contribution in [-0.4, -0.2) is 11.5 Å². The maximum absolute atomic E-state index is 12.1. The van der Waals surface area contributed by atoms with E-state index in [-0.39, 0.29) is 11.3 Å². The van der Waals surface area contributed by atoms with Crippen LogP contribution in [0.3, 0.4) is 0 Å². The van der Waals surface area contributed by atoms with Crippen LogP contribution in [0.1, 0.15) is 16.5 Å². The predicted molar refractivity (Wildman–Crippen MR) is 65.1 cm³/mol. The Morgan fingerprint density at radius 3 is 2.58 bits per heavy atom. The van der Waals surface area contributed by atoms with E-state index in [1.807, 2.05) is 0 Å². The number of nitrogens with two attached hydrogens (primary N) is 1. The van der Waals surface area contributed by atoms with Crippen LogP contribution in [0, 0.1) is 0 Å². The molecule has 0 spiro atoms. The lowest BCUT2D eigenvalue weighted by Gasteiger charge is -2.15. The van der Waals surface area contributed by atoms with E-state index in [4.69, 9.17) is 5.73 Å². The van der Waals surface area contributed by atoms with E-state index in [0.717, 1.165) is 23.1 Å². The van der Waals surface area contributed by atoms with Gasteiger partial charge in [0.1, 0.15) is 11.5 Å². The van der Waals surface area contributed by atoms with Crippen LogP contribution >= 0.6 is 11.3 Å². The molecular formula is C12H10F3NO2S. The fraction of sp³-hybridized carbons (Fsp3) is 0.167. The third-order valence-corrected chi connectivity index (χ3v) is 3.37. The summed E-state index contributed by atoms with van der Waals surface area (Å²) in [4.78, 5) is 0.736. The predicted octanol–water partition coefficient (Wildman–Crippen LogP) is 3.40. The zero-order valence-electron chi connectivity index (χ0n) is 9.52. The van der Waals surface area contributed by atoms with Crippen molar-refractivity contribution in [2.75, 3.05) is 0 Å². The molecule has 0 aliphatic heterocycles. The van der Waals surface area contributed by atoms with Crippen molar-refractivity contribution in [3.8, 4) is 11.5 Å². The Labute approximate surface area is 111 Å². The molecule has 0 bridgehead atoms. The first-order chi connectivity index (χ1) is 8.87. The Morgan fingerprint density at radius 1 is 1.26 bits per heavy atom. The minimum absolute atomic E-state index is 0.171. The van der Waals surface area contributed by atoms with Crippen LogP contribution in [0.25, 0.3) is 0 Å². The van der Waals surface area contributed by atoms with E-state index in [2.05, 4.69) is 4.74 Å². The van der Waals surface area contributed by atoms with E-state index >= 15 is 0 Å². The van der Waals surface area contributed by atoms with Gasteiger partial charge in [-0.05, 0) is 29.6 Å². The van der Waals surface area contributed by atoms with Gasteiger partial charge in [0.2, 0.25) is 0 Å². The van der Waals surface area contributed by atoms with Gasteiger partial charge in [-0.3, -0.25) is 0 Å². The summed E-state index contributed by atoms with van der Waals surface area (Å²) in [6, 6.07) is 6.07. The Balaban J connectivity index is 2.32. The number of ether oxygens (including phenoxy) is 1. The van der Waals surface area contributed by atoms with Crippen molar-refractivity contribution in [2.45, 2.75) is 12.4 Å². The van der Waals surface area contributed by atoms with E-state index in [1.54, 1.807) is 17.5 Å². The van der Waals surface area contributed by atoms with E-state index < -0.39 is 18.2 Å². The van der Waals surface area contributed by atoms with Crippen molar-refractivity contribution in [2.24, 2.45) is 5.73 Å². The molecule has 0 unspecified atom stereocenters. The highest BCUT2D eigenvalue weighted by atomic mass is 32.1. The van der Waals surface area contributed by atoms with Gasteiger partial charge in [0.25, 0.3) is 0 Å². The van der Waals surface area contributed by atoms with Crippen molar-refractivity contribution in [1.29, 1.82) is 0 Å². The summed E-state index contributed by atoms with van der Waals surface area (Å²) in [6.07, 6.45) is -4.78. The van der Waals surface area contributed by atoms with Crippen LogP contribution in [0.2, 0.25) is 0 Å². The molecule has 19 heavy (non-hydrogen) atoms. The third kappa shape index (κ3) is 3.39. The number of phenols is 1. The van der Waals surface area contributed by atoms with Crippen molar-refractivity contribution < 1.29 is 23.0 Å². The fourth-order valence-electron chi connectivity index (χ4n) is 1.60. The van der Waals surface area contributed by atoms with Crippen LogP contribution in [0.4, 0.5) is 13.2 Å². The maximum Gasteiger partial charge on any atom is 0.573 e.